The molecule has 0 fully saturated rings. The minimum absolute atomic E-state index is 0.112. The van der Waals surface area contributed by atoms with Crippen LogP contribution >= 0.6 is 11.6 Å². The normalized spacial score (nSPS) is 10.2. The van der Waals surface area contributed by atoms with E-state index in [0.29, 0.717) is 0 Å². The number of nitrogens with zero attached hydrogens (tertiary/aromatic N) is 2. The van der Waals surface area contributed by atoms with E-state index in [4.69, 9.17) is 22.2 Å². The second kappa shape index (κ2) is 5.68. The first kappa shape index (κ1) is 14.0. The Morgan fingerprint density at radius 1 is 1.40 bits per heavy atom. The van der Waals surface area contributed by atoms with Crippen LogP contribution in [0.2, 0.25) is 5.02 Å². The number of benzene rings is 1. The molecule has 104 valence electrons. The summed E-state index contributed by atoms with van der Waals surface area (Å²) in [5.41, 5.74) is 1.88. The lowest BCUT2D eigenvalue weighted by molar-refractivity contribution is -0.386. The molecule has 20 heavy (non-hydrogen) atoms. The van der Waals surface area contributed by atoms with Crippen LogP contribution in [0.25, 0.3) is 0 Å². The summed E-state index contributed by atoms with van der Waals surface area (Å²) in [6, 6.07) is 6.04. The third-order valence-electron chi connectivity index (χ3n) is 2.29. The molecule has 1 heterocycles. The van der Waals surface area contributed by atoms with E-state index in [0.717, 1.165) is 6.07 Å². The summed E-state index contributed by atoms with van der Waals surface area (Å²) in [4.78, 5) is 14.0. The molecule has 0 aliphatic heterocycles. The smallest absolute Gasteiger partial charge is 0.331 e. The van der Waals surface area contributed by atoms with E-state index < -0.39 is 10.7 Å². The Balaban J connectivity index is 2.40. The topological polar surface area (TPSA) is 103 Å². The number of hydrazine groups is 1. The minimum Gasteiger partial charge on any atom is -0.434 e. The van der Waals surface area contributed by atoms with Gasteiger partial charge in [-0.05, 0) is 18.2 Å². The van der Waals surface area contributed by atoms with Crippen LogP contribution in [0.1, 0.15) is 0 Å². The summed E-state index contributed by atoms with van der Waals surface area (Å²) in [7, 11) is 0. The van der Waals surface area contributed by atoms with Crippen LogP contribution in [0.15, 0.2) is 30.3 Å². The molecule has 1 aromatic heterocycles. The highest BCUT2D eigenvalue weighted by atomic mass is 35.5. The van der Waals surface area contributed by atoms with Crippen molar-refractivity contribution in [3.8, 4) is 11.6 Å². The van der Waals surface area contributed by atoms with Crippen molar-refractivity contribution in [3.63, 3.8) is 0 Å². The van der Waals surface area contributed by atoms with Crippen LogP contribution < -0.4 is 16.0 Å². The number of nitrogens with two attached hydrogens (primary N) is 1. The van der Waals surface area contributed by atoms with Crippen molar-refractivity contribution in [2.45, 2.75) is 0 Å². The highest BCUT2D eigenvalue weighted by Crippen LogP contribution is 2.32. The number of halogens is 2. The molecule has 0 atom stereocenters. The number of hydrogen-bond donors (Lipinski definition) is 2. The molecule has 0 saturated carbocycles. The molecule has 0 aliphatic carbocycles. The Hall–Kier alpha value is -2.45. The van der Waals surface area contributed by atoms with Crippen LogP contribution in [0.5, 0.6) is 11.6 Å². The first-order valence-corrected chi connectivity index (χ1v) is 5.64. The zero-order valence-corrected chi connectivity index (χ0v) is 10.6. The van der Waals surface area contributed by atoms with Crippen molar-refractivity contribution >= 4 is 23.1 Å². The maximum Gasteiger partial charge on any atom is 0.331 e. The summed E-state index contributed by atoms with van der Waals surface area (Å²) >= 11 is 5.60. The van der Waals surface area contributed by atoms with Gasteiger partial charge in [-0.2, -0.15) is 4.98 Å². The number of hydrogen-bond acceptors (Lipinski definition) is 6. The van der Waals surface area contributed by atoms with Crippen LogP contribution in [0.4, 0.5) is 15.9 Å². The van der Waals surface area contributed by atoms with Gasteiger partial charge in [0.05, 0.1) is 9.95 Å². The number of ether oxygens (including phenoxy) is 1. The minimum atomic E-state index is -0.659. The summed E-state index contributed by atoms with van der Waals surface area (Å²) < 4.78 is 18.3. The molecule has 0 unspecified atom stereocenters. The van der Waals surface area contributed by atoms with Gasteiger partial charge in [-0.25, -0.2) is 10.2 Å². The van der Waals surface area contributed by atoms with Crippen molar-refractivity contribution in [3.05, 3.63) is 51.3 Å². The standard InChI is InChI=1S/C11H8ClFN4O3/c12-7-5-6(1-2-8(7)13)20-11-9(17(18)19)3-4-10(15-11)16-14/h1-5H,14H2,(H,15,16). The number of anilines is 1. The van der Waals surface area contributed by atoms with Crippen molar-refractivity contribution < 1.29 is 14.1 Å². The van der Waals surface area contributed by atoms with E-state index in [-0.39, 0.29) is 28.2 Å². The van der Waals surface area contributed by atoms with Crippen molar-refractivity contribution in [2.75, 3.05) is 5.43 Å². The lowest BCUT2D eigenvalue weighted by atomic mass is 10.3. The molecule has 0 bridgehead atoms. The molecule has 0 spiro atoms. The molecule has 0 amide bonds. The fraction of sp³-hybridized carbons (Fsp3) is 0. The van der Waals surface area contributed by atoms with E-state index >= 15 is 0 Å². The van der Waals surface area contributed by atoms with Gasteiger partial charge in [0, 0.05) is 12.1 Å². The molecule has 0 saturated heterocycles. The summed E-state index contributed by atoms with van der Waals surface area (Å²) in [6.07, 6.45) is 0. The van der Waals surface area contributed by atoms with E-state index in [1.165, 1.54) is 24.3 Å². The lowest BCUT2D eigenvalue weighted by Crippen LogP contribution is -2.09. The van der Waals surface area contributed by atoms with Gasteiger partial charge in [-0.1, -0.05) is 11.6 Å². The maximum atomic E-state index is 13.0. The van der Waals surface area contributed by atoms with E-state index in [9.17, 15) is 14.5 Å². The first-order chi connectivity index (χ1) is 9.51. The van der Waals surface area contributed by atoms with Crippen LogP contribution in [0.3, 0.4) is 0 Å². The van der Waals surface area contributed by atoms with Crippen LogP contribution in [-0.4, -0.2) is 9.91 Å². The Morgan fingerprint density at radius 3 is 2.75 bits per heavy atom. The average molecular weight is 299 g/mol. The number of aromatic nitrogens is 1. The lowest BCUT2D eigenvalue weighted by Gasteiger charge is -2.07. The van der Waals surface area contributed by atoms with Gasteiger partial charge in [0.1, 0.15) is 17.4 Å². The first-order valence-electron chi connectivity index (χ1n) is 5.26. The zero-order chi connectivity index (χ0) is 14.7. The molecule has 3 N–H and O–H groups in total. The van der Waals surface area contributed by atoms with Crippen molar-refractivity contribution in [2.24, 2.45) is 5.84 Å². The second-order valence-corrected chi connectivity index (χ2v) is 4.01. The highest BCUT2D eigenvalue weighted by molar-refractivity contribution is 6.30. The monoisotopic (exact) mass is 298 g/mol. The molecule has 0 aliphatic rings. The van der Waals surface area contributed by atoms with Gasteiger partial charge < -0.3 is 10.2 Å². The number of nitro groups is 1. The molecule has 1 aromatic carbocycles. The second-order valence-electron chi connectivity index (χ2n) is 3.60. The Morgan fingerprint density at radius 2 is 2.15 bits per heavy atom. The molecule has 2 rings (SSSR count). The Bertz CT molecular complexity index is 668. The van der Waals surface area contributed by atoms with Gasteiger partial charge in [0.2, 0.25) is 0 Å². The fourth-order valence-corrected chi connectivity index (χ4v) is 1.55. The fourth-order valence-electron chi connectivity index (χ4n) is 1.38. The summed E-state index contributed by atoms with van der Waals surface area (Å²) in [5.74, 6) is 4.56. The SMILES string of the molecule is NNc1ccc([N+](=O)[O-])c(Oc2ccc(F)c(Cl)c2)n1. The molecule has 9 heteroatoms. The Kier molecular flexibility index (Phi) is 3.97. The number of nitrogens with one attached hydrogen (secondary N) is 1. The van der Waals surface area contributed by atoms with E-state index in [1.54, 1.807) is 0 Å². The molecular formula is C11H8ClFN4O3. The predicted molar refractivity (Wildman–Crippen MR) is 70.2 cm³/mol. The third kappa shape index (κ3) is 2.92. The predicted octanol–water partition coefficient (Wildman–Crippen LogP) is 2.86. The quantitative estimate of drug-likeness (QED) is 0.511. The van der Waals surface area contributed by atoms with Gasteiger partial charge in [0.25, 0.3) is 0 Å². The number of pyridine rings is 1. The molecule has 7 nitrogen and oxygen atoms in total. The van der Waals surface area contributed by atoms with Crippen LogP contribution in [0, 0.1) is 15.9 Å². The number of nitrogen functional groups attached to an aromatic ring is 1. The summed E-state index contributed by atoms with van der Waals surface area (Å²) in [6.45, 7) is 0. The highest BCUT2D eigenvalue weighted by Gasteiger charge is 2.18. The van der Waals surface area contributed by atoms with Gasteiger partial charge >= 0.3 is 11.6 Å². The van der Waals surface area contributed by atoms with Crippen LogP contribution in [-0.2, 0) is 0 Å². The van der Waals surface area contributed by atoms with Crippen molar-refractivity contribution in [1.82, 2.24) is 4.98 Å². The molecule has 2 aromatic rings. The Labute approximate surface area is 117 Å². The van der Waals surface area contributed by atoms with Gasteiger partial charge in [0.15, 0.2) is 0 Å². The van der Waals surface area contributed by atoms with Gasteiger partial charge in [-0.15, -0.1) is 0 Å². The number of rotatable bonds is 4. The molecule has 0 radical (unpaired) electrons. The van der Waals surface area contributed by atoms with E-state index in [2.05, 4.69) is 10.4 Å². The summed E-state index contributed by atoms with van der Waals surface area (Å²) in [5, 5.41) is 10.7. The van der Waals surface area contributed by atoms with Crippen molar-refractivity contribution in [1.29, 1.82) is 0 Å². The largest absolute Gasteiger partial charge is 0.434 e. The molecular weight excluding hydrogens is 291 g/mol. The van der Waals surface area contributed by atoms with Gasteiger partial charge in [-0.3, -0.25) is 10.1 Å². The zero-order valence-electron chi connectivity index (χ0n) is 9.84. The average Bonchev–Trinajstić information content (AvgIpc) is 2.42. The van der Waals surface area contributed by atoms with E-state index in [1.807, 2.05) is 0 Å². The third-order valence-corrected chi connectivity index (χ3v) is 2.58. The maximum absolute atomic E-state index is 13.0.